The lowest BCUT2D eigenvalue weighted by molar-refractivity contribution is 0.865. The molecule has 6 nitrogen and oxygen atoms in total. The van der Waals surface area contributed by atoms with E-state index in [9.17, 15) is 0 Å². The molecule has 4 rings (SSSR count). The third-order valence-electron chi connectivity index (χ3n) is 4.04. The molecular weight excluding hydrogens is 344 g/mol. The third kappa shape index (κ3) is 3.12. The van der Waals surface area contributed by atoms with Crippen LogP contribution in [0, 0.1) is 11.7 Å². The van der Waals surface area contributed by atoms with Crippen molar-refractivity contribution in [2.45, 2.75) is 6.92 Å². The van der Waals surface area contributed by atoms with Gasteiger partial charge in [-0.1, -0.05) is 54.6 Å². The van der Waals surface area contributed by atoms with Crippen molar-refractivity contribution >= 4 is 18.4 Å². The van der Waals surface area contributed by atoms with Crippen molar-refractivity contribution in [1.82, 2.24) is 25.1 Å². The number of aromatic nitrogens is 5. The monoisotopic (exact) mass is 360 g/mol. The summed E-state index contributed by atoms with van der Waals surface area (Å²) in [5, 5.41) is 19.0. The Morgan fingerprint density at radius 3 is 2.58 bits per heavy atom. The zero-order valence-corrected chi connectivity index (χ0v) is 14.9. The van der Waals surface area contributed by atoms with Crippen molar-refractivity contribution < 1.29 is 0 Å². The van der Waals surface area contributed by atoms with Crippen LogP contribution < -0.4 is 0 Å². The minimum Gasteiger partial charge on any atom is -0.274 e. The maximum atomic E-state index is 5.32. The fourth-order valence-corrected chi connectivity index (χ4v) is 2.80. The van der Waals surface area contributed by atoms with Gasteiger partial charge in [-0.2, -0.15) is 20.0 Å². The van der Waals surface area contributed by atoms with E-state index in [-0.39, 0.29) is 0 Å². The molecule has 26 heavy (non-hydrogen) atoms. The van der Waals surface area contributed by atoms with Crippen LogP contribution in [0.1, 0.15) is 11.1 Å². The van der Waals surface area contributed by atoms with Gasteiger partial charge in [-0.3, -0.25) is 5.10 Å². The molecule has 0 unspecified atom stereocenters. The largest absolute Gasteiger partial charge is 0.274 e. The molecule has 7 heteroatoms. The Morgan fingerprint density at radius 1 is 1.00 bits per heavy atom. The number of H-pyrrole nitrogens is 2. The van der Waals surface area contributed by atoms with E-state index >= 15 is 0 Å². The van der Waals surface area contributed by atoms with Crippen molar-refractivity contribution in [2.75, 3.05) is 0 Å². The van der Waals surface area contributed by atoms with Crippen molar-refractivity contribution in [1.29, 1.82) is 0 Å². The van der Waals surface area contributed by atoms with Gasteiger partial charge in [0.1, 0.15) is 5.69 Å². The van der Waals surface area contributed by atoms with Crippen LogP contribution in [-0.4, -0.2) is 31.3 Å². The first-order valence-electron chi connectivity index (χ1n) is 8.11. The normalized spacial score (nSPS) is 11.3. The van der Waals surface area contributed by atoms with Crippen molar-refractivity contribution in [3.63, 3.8) is 0 Å². The summed E-state index contributed by atoms with van der Waals surface area (Å²) >= 11 is 5.32. The number of aromatic amines is 2. The SMILES string of the molecule is Cc1ccccc1/C=N/n1c(-c2cc(-c3ccccc3)n[nH]2)n[nH]c1=S. The molecule has 2 aromatic carbocycles. The Hall–Kier alpha value is -3.32. The lowest BCUT2D eigenvalue weighted by Gasteiger charge is -2.00. The van der Waals surface area contributed by atoms with Gasteiger partial charge < -0.3 is 0 Å². The van der Waals surface area contributed by atoms with Crippen LogP contribution in [0.4, 0.5) is 0 Å². The number of aryl methyl sites for hydroxylation is 1. The average molecular weight is 360 g/mol. The van der Waals surface area contributed by atoms with Gasteiger partial charge in [-0.25, -0.2) is 5.10 Å². The smallest absolute Gasteiger partial charge is 0.216 e. The van der Waals surface area contributed by atoms with Gasteiger partial charge in [-0.15, -0.1) is 0 Å². The van der Waals surface area contributed by atoms with Crippen LogP contribution in [0.25, 0.3) is 22.8 Å². The molecule has 0 radical (unpaired) electrons. The Balaban J connectivity index is 1.70. The summed E-state index contributed by atoms with van der Waals surface area (Å²) < 4.78 is 2.00. The van der Waals surface area contributed by atoms with Gasteiger partial charge in [0.05, 0.1) is 11.9 Å². The van der Waals surface area contributed by atoms with E-state index in [1.807, 2.05) is 67.6 Å². The number of rotatable bonds is 4. The minimum atomic E-state index is 0.417. The molecular formula is C19H16N6S. The van der Waals surface area contributed by atoms with Crippen LogP contribution in [0.15, 0.2) is 65.8 Å². The van der Waals surface area contributed by atoms with Crippen LogP contribution >= 0.6 is 12.2 Å². The number of benzene rings is 2. The number of hydrogen-bond donors (Lipinski definition) is 2. The van der Waals surface area contributed by atoms with E-state index in [1.54, 1.807) is 10.9 Å². The number of hydrogen-bond acceptors (Lipinski definition) is 4. The first-order valence-corrected chi connectivity index (χ1v) is 8.52. The highest BCUT2D eigenvalue weighted by Crippen LogP contribution is 2.22. The molecule has 2 heterocycles. The van der Waals surface area contributed by atoms with Gasteiger partial charge in [0, 0.05) is 5.56 Å². The average Bonchev–Trinajstić information content (AvgIpc) is 3.29. The lowest BCUT2D eigenvalue weighted by atomic mass is 10.1. The van der Waals surface area contributed by atoms with Gasteiger partial charge in [0.2, 0.25) is 10.6 Å². The van der Waals surface area contributed by atoms with Crippen LogP contribution in [0.5, 0.6) is 0 Å². The van der Waals surface area contributed by atoms with Crippen LogP contribution in [-0.2, 0) is 0 Å². The second kappa shape index (κ2) is 6.89. The summed E-state index contributed by atoms with van der Waals surface area (Å²) in [5.41, 5.74) is 4.76. The summed E-state index contributed by atoms with van der Waals surface area (Å²) in [5.74, 6) is 0.578. The molecule has 2 aromatic heterocycles. The quantitative estimate of drug-likeness (QED) is 0.423. The molecule has 0 aliphatic carbocycles. The first-order chi connectivity index (χ1) is 12.7. The van der Waals surface area contributed by atoms with E-state index in [0.29, 0.717) is 10.6 Å². The van der Waals surface area contributed by atoms with E-state index in [4.69, 9.17) is 12.2 Å². The van der Waals surface area contributed by atoms with Crippen molar-refractivity contribution in [2.24, 2.45) is 5.10 Å². The summed E-state index contributed by atoms with van der Waals surface area (Å²) in [6.07, 6.45) is 1.78. The van der Waals surface area contributed by atoms with Gasteiger partial charge in [-0.05, 0) is 36.3 Å². The molecule has 2 N–H and O–H groups in total. The number of nitrogens with one attached hydrogen (secondary N) is 2. The molecule has 0 bridgehead atoms. The molecule has 0 aliphatic rings. The van der Waals surface area contributed by atoms with Crippen molar-refractivity contribution in [3.05, 3.63) is 76.6 Å². The molecule has 0 amide bonds. The van der Waals surface area contributed by atoms with Gasteiger partial charge in [0.15, 0.2) is 0 Å². The molecule has 0 atom stereocenters. The second-order valence-corrected chi connectivity index (χ2v) is 6.18. The van der Waals surface area contributed by atoms with Crippen molar-refractivity contribution in [3.8, 4) is 22.8 Å². The standard InChI is InChI=1S/C19H16N6S/c1-13-7-5-6-10-15(13)12-20-25-18(23-24-19(25)26)17-11-16(21-22-17)14-8-3-2-4-9-14/h2-12H,1H3,(H,21,22)(H,24,26)/b20-12+. The summed E-state index contributed by atoms with van der Waals surface area (Å²) in [7, 11) is 0. The van der Waals surface area contributed by atoms with E-state index in [2.05, 4.69) is 25.5 Å². The number of nitrogens with zero attached hydrogens (tertiary/aromatic N) is 4. The zero-order chi connectivity index (χ0) is 17.9. The maximum Gasteiger partial charge on any atom is 0.216 e. The van der Waals surface area contributed by atoms with E-state index < -0.39 is 0 Å². The minimum absolute atomic E-state index is 0.417. The molecule has 4 aromatic rings. The molecule has 128 valence electrons. The van der Waals surface area contributed by atoms with Gasteiger partial charge >= 0.3 is 0 Å². The molecule has 0 saturated heterocycles. The van der Waals surface area contributed by atoms with Crippen LogP contribution in [0.2, 0.25) is 0 Å². The molecule has 0 saturated carbocycles. The Bertz CT molecular complexity index is 1120. The van der Waals surface area contributed by atoms with Gasteiger partial charge in [0.25, 0.3) is 0 Å². The molecule has 0 fully saturated rings. The predicted molar refractivity (Wildman–Crippen MR) is 105 cm³/mol. The Kier molecular flexibility index (Phi) is 4.28. The maximum absolute atomic E-state index is 5.32. The fourth-order valence-electron chi connectivity index (χ4n) is 2.62. The highest BCUT2D eigenvalue weighted by Gasteiger charge is 2.12. The highest BCUT2D eigenvalue weighted by atomic mass is 32.1. The first kappa shape index (κ1) is 16.2. The highest BCUT2D eigenvalue weighted by molar-refractivity contribution is 7.71. The van der Waals surface area contributed by atoms with E-state index in [0.717, 1.165) is 28.1 Å². The van der Waals surface area contributed by atoms with Crippen LogP contribution in [0.3, 0.4) is 0 Å². The second-order valence-electron chi connectivity index (χ2n) is 5.80. The zero-order valence-electron chi connectivity index (χ0n) is 14.0. The summed E-state index contributed by atoms with van der Waals surface area (Å²) in [6.45, 7) is 2.04. The Labute approximate surface area is 155 Å². The lowest BCUT2D eigenvalue weighted by Crippen LogP contribution is -1.96. The van der Waals surface area contributed by atoms with E-state index in [1.165, 1.54) is 0 Å². The third-order valence-corrected chi connectivity index (χ3v) is 4.30. The summed E-state index contributed by atoms with van der Waals surface area (Å²) in [4.78, 5) is 0. The summed E-state index contributed by atoms with van der Waals surface area (Å²) in [6, 6.07) is 19.9. The molecule has 0 aliphatic heterocycles. The molecule has 0 spiro atoms. The topological polar surface area (TPSA) is 74.7 Å². The fraction of sp³-hybridized carbons (Fsp3) is 0.0526. The predicted octanol–water partition coefficient (Wildman–Crippen LogP) is 4.19. The Morgan fingerprint density at radius 2 is 1.77 bits per heavy atom.